The lowest BCUT2D eigenvalue weighted by Crippen LogP contribution is -2.18. The lowest BCUT2D eigenvalue weighted by atomic mass is 9.86. The Kier molecular flexibility index (Phi) is 5.13. The van der Waals surface area contributed by atoms with E-state index in [4.69, 9.17) is 11.6 Å². The Morgan fingerprint density at radius 2 is 1.57 bits per heavy atom. The zero-order valence-corrected chi connectivity index (χ0v) is 15.2. The van der Waals surface area contributed by atoms with Gasteiger partial charge < -0.3 is 5.32 Å². The van der Waals surface area contributed by atoms with Crippen LogP contribution in [0.2, 0.25) is 5.02 Å². The van der Waals surface area contributed by atoms with Gasteiger partial charge in [0, 0.05) is 4.47 Å². The van der Waals surface area contributed by atoms with Crippen molar-refractivity contribution in [3.8, 4) is 0 Å². The average Bonchev–Trinajstić information content (AvgIpc) is 2.43. The van der Waals surface area contributed by atoms with Gasteiger partial charge >= 0.3 is 0 Å². The summed E-state index contributed by atoms with van der Waals surface area (Å²) in [4.78, 5) is 0. The van der Waals surface area contributed by atoms with Crippen molar-refractivity contribution in [3.63, 3.8) is 0 Å². The molecular weight excluding hydrogens is 346 g/mol. The van der Waals surface area contributed by atoms with Gasteiger partial charge in [-0.15, -0.1) is 0 Å². The first-order chi connectivity index (χ1) is 9.82. The number of nitrogens with one attached hydrogen (secondary N) is 1. The Bertz CT molecular complexity index is 614. The number of benzene rings is 2. The predicted molar refractivity (Wildman–Crippen MR) is 95.2 cm³/mol. The second kappa shape index (κ2) is 6.51. The maximum absolute atomic E-state index is 6.08. The van der Waals surface area contributed by atoms with Gasteiger partial charge in [0.05, 0.1) is 11.1 Å². The van der Waals surface area contributed by atoms with Gasteiger partial charge in [0.2, 0.25) is 0 Å². The molecule has 112 valence electrons. The molecule has 0 aliphatic rings. The molecule has 1 N–H and O–H groups in total. The van der Waals surface area contributed by atoms with E-state index >= 15 is 0 Å². The van der Waals surface area contributed by atoms with Gasteiger partial charge in [-0.2, -0.15) is 0 Å². The van der Waals surface area contributed by atoms with Gasteiger partial charge in [-0.25, -0.2) is 0 Å². The average molecular weight is 367 g/mol. The zero-order valence-electron chi connectivity index (χ0n) is 12.9. The van der Waals surface area contributed by atoms with Crippen molar-refractivity contribution in [1.29, 1.82) is 0 Å². The van der Waals surface area contributed by atoms with Crippen LogP contribution in [0, 0.1) is 0 Å². The van der Waals surface area contributed by atoms with Crippen LogP contribution < -0.4 is 5.32 Å². The van der Waals surface area contributed by atoms with Crippen LogP contribution in [-0.2, 0) is 5.41 Å². The van der Waals surface area contributed by atoms with Crippen LogP contribution in [0.15, 0.2) is 46.9 Å². The largest absolute Gasteiger partial charge is 0.309 e. The molecule has 1 unspecified atom stereocenters. The topological polar surface area (TPSA) is 12.0 Å². The molecule has 0 amide bonds. The van der Waals surface area contributed by atoms with Gasteiger partial charge in [-0.3, -0.25) is 0 Å². The highest BCUT2D eigenvalue weighted by molar-refractivity contribution is 9.10. The number of hydrogen-bond acceptors (Lipinski definition) is 1. The van der Waals surface area contributed by atoms with Crippen LogP contribution in [0.5, 0.6) is 0 Å². The fourth-order valence-corrected chi connectivity index (χ4v) is 2.91. The summed E-state index contributed by atoms with van der Waals surface area (Å²) in [6, 6.07) is 15.0. The Hall–Kier alpha value is -0.830. The van der Waals surface area contributed by atoms with Crippen molar-refractivity contribution >= 4 is 27.5 Å². The van der Waals surface area contributed by atoms with Crippen LogP contribution in [0.4, 0.5) is 0 Å². The van der Waals surface area contributed by atoms with Crippen LogP contribution in [0.3, 0.4) is 0 Å². The van der Waals surface area contributed by atoms with Gasteiger partial charge in [-0.05, 0) is 57.2 Å². The monoisotopic (exact) mass is 365 g/mol. The molecule has 2 rings (SSSR count). The molecule has 0 saturated heterocycles. The summed E-state index contributed by atoms with van der Waals surface area (Å²) in [6.45, 7) is 6.69. The standard InChI is InChI=1S/C18H21BrClN/c1-18(2,3)14-8-5-12(6-9-14)17(21-4)13-7-10-16(20)15(19)11-13/h5-11,17,21H,1-4H3. The summed E-state index contributed by atoms with van der Waals surface area (Å²) >= 11 is 9.57. The molecule has 0 aliphatic heterocycles. The first-order valence-corrected chi connectivity index (χ1v) is 8.22. The highest BCUT2D eigenvalue weighted by Crippen LogP contribution is 2.30. The minimum atomic E-state index is 0.160. The van der Waals surface area contributed by atoms with Gasteiger partial charge in [0.25, 0.3) is 0 Å². The predicted octanol–water partition coefficient (Wildman–Crippen LogP) is 5.71. The number of rotatable bonds is 3. The molecule has 0 heterocycles. The van der Waals surface area contributed by atoms with Crippen molar-refractivity contribution in [2.24, 2.45) is 0 Å². The third-order valence-corrected chi connectivity index (χ3v) is 4.89. The van der Waals surface area contributed by atoms with Gasteiger partial charge in [-0.1, -0.05) is 62.7 Å². The minimum Gasteiger partial charge on any atom is -0.309 e. The Morgan fingerprint density at radius 3 is 2.05 bits per heavy atom. The Labute approximate surface area is 140 Å². The summed E-state index contributed by atoms with van der Waals surface area (Å²) in [5, 5.41) is 4.11. The second-order valence-electron chi connectivity index (χ2n) is 6.27. The number of halogens is 2. The van der Waals surface area contributed by atoms with E-state index in [0.29, 0.717) is 0 Å². The minimum absolute atomic E-state index is 0.160. The maximum atomic E-state index is 6.08. The van der Waals surface area contributed by atoms with E-state index in [0.717, 1.165) is 9.50 Å². The molecule has 0 fully saturated rings. The zero-order chi connectivity index (χ0) is 15.6. The van der Waals surface area contributed by atoms with E-state index < -0.39 is 0 Å². The fraction of sp³-hybridized carbons (Fsp3) is 0.333. The molecule has 0 saturated carbocycles. The third kappa shape index (κ3) is 3.88. The molecule has 0 aliphatic carbocycles. The molecule has 2 aromatic rings. The SMILES string of the molecule is CNC(c1ccc(C(C)(C)C)cc1)c1ccc(Cl)c(Br)c1. The highest BCUT2D eigenvalue weighted by atomic mass is 79.9. The van der Waals surface area contributed by atoms with Crippen LogP contribution >= 0.6 is 27.5 Å². The maximum Gasteiger partial charge on any atom is 0.0574 e. The van der Waals surface area contributed by atoms with Crippen molar-refractivity contribution in [1.82, 2.24) is 5.32 Å². The molecule has 1 nitrogen and oxygen atoms in total. The lowest BCUT2D eigenvalue weighted by Gasteiger charge is -2.22. The van der Waals surface area contributed by atoms with E-state index in [-0.39, 0.29) is 11.5 Å². The van der Waals surface area contributed by atoms with E-state index in [1.807, 2.05) is 13.1 Å². The first-order valence-electron chi connectivity index (χ1n) is 7.05. The van der Waals surface area contributed by atoms with E-state index in [2.05, 4.69) is 78.4 Å². The molecule has 1 atom stereocenters. The normalized spacial score (nSPS) is 13.2. The van der Waals surface area contributed by atoms with E-state index in [1.54, 1.807) is 0 Å². The van der Waals surface area contributed by atoms with Gasteiger partial charge in [0.1, 0.15) is 0 Å². The van der Waals surface area contributed by atoms with Gasteiger partial charge in [0.15, 0.2) is 0 Å². The molecular formula is C18H21BrClN. The third-order valence-electron chi connectivity index (χ3n) is 3.68. The summed E-state index contributed by atoms with van der Waals surface area (Å²) in [5.74, 6) is 0. The first kappa shape index (κ1) is 16.5. The lowest BCUT2D eigenvalue weighted by molar-refractivity contribution is 0.589. The van der Waals surface area contributed by atoms with Crippen LogP contribution in [0.1, 0.15) is 43.5 Å². The molecule has 0 spiro atoms. The van der Waals surface area contributed by atoms with Crippen molar-refractivity contribution < 1.29 is 0 Å². The Balaban J connectivity index is 2.35. The van der Waals surface area contributed by atoms with E-state index in [1.165, 1.54) is 16.7 Å². The molecule has 0 bridgehead atoms. The molecule has 21 heavy (non-hydrogen) atoms. The highest BCUT2D eigenvalue weighted by Gasteiger charge is 2.16. The second-order valence-corrected chi connectivity index (χ2v) is 7.53. The molecule has 0 radical (unpaired) electrons. The quantitative estimate of drug-likeness (QED) is 0.733. The molecule has 0 aromatic heterocycles. The fourth-order valence-electron chi connectivity index (χ4n) is 2.39. The van der Waals surface area contributed by atoms with Crippen molar-refractivity contribution in [3.05, 3.63) is 68.7 Å². The van der Waals surface area contributed by atoms with Crippen LogP contribution in [0.25, 0.3) is 0 Å². The van der Waals surface area contributed by atoms with Crippen molar-refractivity contribution in [2.45, 2.75) is 32.2 Å². The summed E-state index contributed by atoms with van der Waals surface area (Å²) in [6.07, 6.45) is 0. The number of hydrogen-bond donors (Lipinski definition) is 1. The summed E-state index contributed by atoms with van der Waals surface area (Å²) < 4.78 is 0.924. The van der Waals surface area contributed by atoms with Crippen molar-refractivity contribution in [2.75, 3.05) is 7.05 Å². The molecule has 2 aromatic carbocycles. The van der Waals surface area contributed by atoms with Crippen LogP contribution in [-0.4, -0.2) is 7.05 Å². The summed E-state index contributed by atoms with van der Waals surface area (Å²) in [5.41, 5.74) is 3.96. The Morgan fingerprint density at radius 1 is 1.00 bits per heavy atom. The van der Waals surface area contributed by atoms with E-state index in [9.17, 15) is 0 Å². The molecule has 3 heteroatoms. The smallest absolute Gasteiger partial charge is 0.0574 e. The summed E-state index contributed by atoms with van der Waals surface area (Å²) in [7, 11) is 1.98.